The molecule has 4 aliphatic heterocycles. The van der Waals surface area contributed by atoms with Crippen LogP contribution in [0.3, 0.4) is 0 Å². The summed E-state index contributed by atoms with van der Waals surface area (Å²) in [5.41, 5.74) is 4.51. The molecule has 5 rings (SSSR count). The first kappa shape index (κ1) is 18.2. The zero-order chi connectivity index (χ0) is 20.0. The van der Waals surface area contributed by atoms with E-state index in [-0.39, 0.29) is 0 Å². The van der Waals surface area contributed by atoms with E-state index in [9.17, 15) is 35.5 Å². The number of hydrogen-bond acceptors (Lipinski definition) is 16. The van der Waals surface area contributed by atoms with Crippen LogP contribution in [0.4, 0.5) is 0 Å². The summed E-state index contributed by atoms with van der Waals surface area (Å²) < 4.78 is 96.2. The van der Waals surface area contributed by atoms with Gasteiger partial charge in [0.1, 0.15) is 0 Å². The van der Waals surface area contributed by atoms with Gasteiger partial charge in [-0.25, -0.2) is 0 Å². The highest BCUT2D eigenvalue weighted by Gasteiger charge is 2.56. The molecule has 27 heavy (non-hydrogen) atoms. The predicted molar refractivity (Wildman–Crippen MR) is 72.5 cm³/mol. The number of phenolic OH excluding ortho intramolecular Hbond substituents is 1. The van der Waals surface area contributed by atoms with E-state index in [1.807, 2.05) is 0 Å². The Labute approximate surface area is 149 Å². The average molecular weight is 451 g/mol. The molecular weight excluding hydrogens is 446 g/mol. The summed E-state index contributed by atoms with van der Waals surface area (Å²) in [6, 6.07) is 0. The number of benzene rings is 1. The Morgan fingerprint density at radius 1 is 0.815 bits per heavy atom. The first-order valence-corrected chi connectivity index (χ1v) is 10.2. The molecule has 0 saturated heterocycles. The monoisotopic (exact) mass is 451 g/mol. The molecule has 0 spiro atoms. The van der Waals surface area contributed by atoms with E-state index in [0.29, 0.717) is 0 Å². The third kappa shape index (κ3) is 2.71. The molecule has 150 valence electrons. The van der Waals surface area contributed by atoms with Gasteiger partial charge in [0.2, 0.25) is 23.0 Å². The molecule has 0 amide bonds. The minimum atomic E-state index is -5.35. The van der Waals surface area contributed by atoms with Crippen molar-refractivity contribution in [2.45, 2.75) is 12.0 Å². The van der Waals surface area contributed by atoms with E-state index >= 15 is 0 Å². The lowest BCUT2D eigenvalue weighted by Gasteiger charge is -2.36. The number of aromatic hydroxyl groups is 1. The highest BCUT2D eigenvalue weighted by atomic mass is 32.3. The highest BCUT2D eigenvalue weighted by Crippen LogP contribution is 2.60. The SMILES string of the molecule is NC12OS(=O)(=O)OOc3c(O)c4c(c(c3OS(=O)(=O)O1)OS(=O)(=O)O4)[C@H]2O. The summed E-state index contributed by atoms with van der Waals surface area (Å²) in [6.45, 7) is 0. The molecule has 4 aliphatic rings. The number of phenols is 1. The van der Waals surface area contributed by atoms with Crippen molar-refractivity contribution in [3.8, 4) is 28.7 Å². The minimum absolute atomic E-state index is 0.890. The Morgan fingerprint density at radius 3 is 2.04 bits per heavy atom. The summed E-state index contributed by atoms with van der Waals surface area (Å²) in [7, 11) is -15.6. The molecule has 6 bridgehead atoms. The van der Waals surface area contributed by atoms with E-state index in [2.05, 4.69) is 30.1 Å². The van der Waals surface area contributed by atoms with Crippen LogP contribution >= 0.6 is 0 Å². The molecule has 1 unspecified atom stereocenters. The van der Waals surface area contributed by atoms with Gasteiger partial charge in [0, 0.05) is 0 Å². The van der Waals surface area contributed by atoms with Crippen molar-refractivity contribution in [2.75, 3.05) is 0 Å². The number of rotatable bonds is 0. The third-order valence-electron chi connectivity index (χ3n) is 3.21. The van der Waals surface area contributed by atoms with Crippen molar-refractivity contribution < 1.29 is 65.6 Å². The van der Waals surface area contributed by atoms with Gasteiger partial charge >= 0.3 is 31.2 Å². The largest absolute Gasteiger partial charge is 0.501 e. The van der Waals surface area contributed by atoms with E-state index < -0.39 is 77.5 Å². The number of aliphatic hydroxyl groups is 1. The molecule has 0 radical (unpaired) electrons. The fraction of sp³-hybridized carbons (Fsp3) is 0.250. The van der Waals surface area contributed by atoms with Crippen LogP contribution in [0.5, 0.6) is 28.7 Å². The topological polar surface area (TPSA) is 234 Å². The van der Waals surface area contributed by atoms with Crippen LogP contribution in [0.1, 0.15) is 11.7 Å². The maximum atomic E-state index is 12.0. The molecule has 4 N–H and O–H groups in total. The van der Waals surface area contributed by atoms with Gasteiger partial charge in [0.05, 0.1) is 5.56 Å². The van der Waals surface area contributed by atoms with Crippen LogP contribution in [0, 0.1) is 0 Å². The quantitative estimate of drug-likeness (QED) is 0.340. The summed E-state index contributed by atoms with van der Waals surface area (Å²) >= 11 is 0. The molecule has 16 nitrogen and oxygen atoms in total. The van der Waals surface area contributed by atoms with E-state index in [1.54, 1.807) is 0 Å². The second-order valence-electron chi connectivity index (χ2n) is 5.00. The fourth-order valence-electron chi connectivity index (χ4n) is 2.29. The van der Waals surface area contributed by atoms with Gasteiger partial charge in [-0.1, -0.05) is 0 Å². The van der Waals surface area contributed by atoms with Gasteiger partial charge < -0.3 is 27.6 Å². The molecule has 2 atom stereocenters. The van der Waals surface area contributed by atoms with Gasteiger partial charge in [0.15, 0.2) is 6.10 Å². The van der Waals surface area contributed by atoms with Crippen molar-refractivity contribution in [1.82, 2.24) is 0 Å². The van der Waals surface area contributed by atoms with Gasteiger partial charge in [-0.15, -0.1) is 8.42 Å². The average Bonchev–Trinajstić information content (AvgIpc) is 2.47. The Kier molecular flexibility index (Phi) is 3.39. The Hall–Kier alpha value is -2.13. The molecule has 1 aromatic carbocycles. The summed E-state index contributed by atoms with van der Waals surface area (Å²) in [5, 5.41) is 20.6. The van der Waals surface area contributed by atoms with Gasteiger partial charge in [-0.3, -0.25) is 5.73 Å². The highest BCUT2D eigenvalue weighted by molar-refractivity contribution is 7.83. The molecule has 0 saturated carbocycles. The Bertz CT molecular complexity index is 1180. The van der Waals surface area contributed by atoms with Crippen molar-refractivity contribution in [3.63, 3.8) is 0 Å². The lowest BCUT2D eigenvalue weighted by molar-refractivity contribution is -0.207. The third-order valence-corrected chi connectivity index (χ3v) is 5.48. The zero-order valence-electron chi connectivity index (χ0n) is 12.1. The van der Waals surface area contributed by atoms with Crippen LogP contribution in [-0.2, 0) is 43.9 Å². The van der Waals surface area contributed by atoms with E-state index in [4.69, 9.17) is 5.73 Å². The number of nitrogens with two attached hydrogens (primary N) is 1. The first-order valence-electron chi connectivity index (χ1n) is 6.24. The lowest BCUT2D eigenvalue weighted by atomic mass is 10.0. The molecular formula is C8H5NO15S3. The summed E-state index contributed by atoms with van der Waals surface area (Å²) in [6.07, 6.45) is -2.65. The normalized spacial score (nSPS) is 31.6. The van der Waals surface area contributed by atoms with Gasteiger partial charge in [0.25, 0.3) is 11.7 Å². The maximum Gasteiger partial charge on any atom is 0.501 e. The molecule has 19 heteroatoms. The van der Waals surface area contributed by atoms with E-state index in [1.165, 1.54) is 0 Å². The van der Waals surface area contributed by atoms with Gasteiger partial charge in [-0.05, 0) is 4.33 Å². The number of aliphatic hydroxyl groups excluding tert-OH is 1. The van der Waals surface area contributed by atoms with Crippen molar-refractivity contribution in [1.29, 1.82) is 0 Å². The second-order valence-corrected chi connectivity index (χ2v) is 8.41. The minimum Gasteiger partial charge on any atom is -0.501 e. The van der Waals surface area contributed by atoms with Gasteiger partial charge in [-0.2, -0.15) is 25.2 Å². The zero-order valence-corrected chi connectivity index (χ0v) is 14.5. The molecule has 0 aliphatic carbocycles. The molecule has 0 fully saturated rings. The number of hydrogen-bond donors (Lipinski definition) is 3. The first-order chi connectivity index (χ1) is 12.2. The molecule has 0 aromatic heterocycles. The second kappa shape index (κ2) is 5.02. The lowest BCUT2D eigenvalue weighted by Crippen LogP contribution is -2.55. The molecule has 4 heterocycles. The smallest absolute Gasteiger partial charge is 0.501 e. The van der Waals surface area contributed by atoms with Crippen molar-refractivity contribution >= 4 is 31.2 Å². The van der Waals surface area contributed by atoms with Crippen LogP contribution in [0.15, 0.2) is 0 Å². The van der Waals surface area contributed by atoms with Crippen LogP contribution in [0.25, 0.3) is 0 Å². The fourth-order valence-corrected chi connectivity index (χ4v) is 4.57. The Morgan fingerprint density at radius 2 is 1.37 bits per heavy atom. The number of fused-ring (bicyclic) bond motifs is 5. The van der Waals surface area contributed by atoms with Crippen molar-refractivity contribution in [2.24, 2.45) is 5.73 Å². The van der Waals surface area contributed by atoms with Crippen LogP contribution in [0.2, 0.25) is 0 Å². The van der Waals surface area contributed by atoms with Crippen LogP contribution < -0.4 is 23.2 Å². The van der Waals surface area contributed by atoms with Crippen molar-refractivity contribution in [3.05, 3.63) is 5.56 Å². The predicted octanol–water partition coefficient (Wildman–Crippen LogP) is -2.71. The van der Waals surface area contributed by atoms with Crippen LogP contribution in [-0.4, -0.2) is 41.4 Å². The van der Waals surface area contributed by atoms with E-state index in [0.717, 1.165) is 0 Å². The Balaban J connectivity index is 2.19. The summed E-state index contributed by atoms with van der Waals surface area (Å²) in [4.78, 5) is 4.28. The summed E-state index contributed by atoms with van der Waals surface area (Å²) in [5.74, 6) is -9.50. The molecule has 1 aromatic rings. The maximum absolute atomic E-state index is 12.0. The standard InChI is InChI=1S/C8H5NO15S3/c9-8-7(11)1-3-2(10)5(18-24-27(16,17)23-8)6(21-26(14,15)22-8)4(1)20-25(12,13)19-3/h7,10-11H,9H2/t7-,8?/m1/s1.